The van der Waals surface area contributed by atoms with Crippen molar-refractivity contribution in [3.8, 4) is 6.07 Å². The number of carbonyl (C=O) groups excluding carboxylic acids is 1. The molecule has 7 heteroatoms. The van der Waals surface area contributed by atoms with Crippen molar-refractivity contribution >= 4 is 45.9 Å². The van der Waals surface area contributed by atoms with Crippen molar-refractivity contribution in [1.82, 2.24) is 4.57 Å². The standard InChI is InChI=1S/C25H19N3O3S/c26-13-19(12-20-15-27(16-24(29)30)23-9-5-4-8-22(20)23)25(31)28(14-18-10-11-32-17-18)21-6-2-1-3-7-21/h1-12,15,17H,14,16H2,(H,29,30). The fourth-order valence-corrected chi connectivity index (χ4v) is 4.22. The van der Waals surface area contributed by atoms with Crippen molar-refractivity contribution < 1.29 is 14.7 Å². The predicted octanol–water partition coefficient (Wildman–Crippen LogP) is 4.93. The molecule has 2 aromatic heterocycles. The number of anilines is 1. The van der Waals surface area contributed by atoms with Crippen LogP contribution in [0.1, 0.15) is 11.1 Å². The lowest BCUT2D eigenvalue weighted by atomic mass is 10.1. The SMILES string of the molecule is N#CC(=Cc1cn(CC(=O)O)c2ccccc12)C(=O)N(Cc1ccsc1)c1ccccc1. The summed E-state index contributed by atoms with van der Waals surface area (Å²) in [6.07, 6.45) is 3.20. The predicted molar refractivity (Wildman–Crippen MR) is 125 cm³/mol. The molecule has 0 radical (unpaired) electrons. The Balaban J connectivity index is 1.76. The summed E-state index contributed by atoms with van der Waals surface area (Å²) in [5.41, 5.74) is 2.99. The molecule has 0 fully saturated rings. The molecule has 1 N–H and O–H groups in total. The van der Waals surface area contributed by atoms with Gasteiger partial charge < -0.3 is 14.6 Å². The summed E-state index contributed by atoms with van der Waals surface area (Å²) >= 11 is 1.55. The van der Waals surface area contributed by atoms with Crippen LogP contribution >= 0.6 is 11.3 Å². The molecule has 6 nitrogen and oxygen atoms in total. The number of aliphatic carboxylic acids is 1. The highest BCUT2D eigenvalue weighted by molar-refractivity contribution is 7.07. The van der Waals surface area contributed by atoms with Gasteiger partial charge in [0.05, 0.1) is 6.54 Å². The van der Waals surface area contributed by atoms with Gasteiger partial charge in [-0.1, -0.05) is 36.4 Å². The van der Waals surface area contributed by atoms with E-state index in [9.17, 15) is 20.0 Å². The van der Waals surface area contributed by atoms with Gasteiger partial charge in [-0.2, -0.15) is 16.6 Å². The molecule has 2 heterocycles. The number of amides is 1. The fourth-order valence-electron chi connectivity index (χ4n) is 3.56. The highest BCUT2D eigenvalue weighted by Gasteiger charge is 2.21. The summed E-state index contributed by atoms with van der Waals surface area (Å²) in [4.78, 5) is 26.3. The summed E-state index contributed by atoms with van der Waals surface area (Å²) < 4.78 is 1.60. The van der Waals surface area contributed by atoms with Crippen LogP contribution in [0, 0.1) is 11.3 Å². The van der Waals surface area contributed by atoms with E-state index in [-0.39, 0.29) is 12.1 Å². The second kappa shape index (κ2) is 9.33. The Bertz CT molecular complexity index is 1330. The highest BCUT2D eigenvalue weighted by atomic mass is 32.1. The lowest BCUT2D eigenvalue weighted by Gasteiger charge is -2.22. The summed E-state index contributed by atoms with van der Waals surface area (Å²) in [7, 11) is 0. The van der Waals surface area contributed by atoms with Crippen molar-refractivity contribution in [3.05, 3.63) is 94.3 Å². The Hall–Kier alpha value is -4.15. The van der Waals surface area contributed by atoms with E-state index in [1.807, 2.05) is 77.5 Å². The molecular formula is C25H19N3O3S. The molecule has 158 valence electrons. The van der Waals surface area contributed by atoms with Gasteiger partial charge in [0, 0.05) is 28.4 Å². The van der Waals surface area contributed by atoms with Crippen LogP contribution in [0.4, 0.5) is 5.69 Å². The van der Waals surface area contributed by atoms with Gasteiger partial charge in [-0.3, -0.25) is 9.59 Å². The van der Waals surface area contributed by atoms with E-state index in [2.05, 4.69) is 0 Å². The van der Waals surface area contributed by atoms with Gasteiger partial charge in [0.1, 0.15) is 18.2 Å². The van der Waals surface area contributed by atoms with Gasteiger partial charge in [-0.25, -0.2) is 0 Å². The summed E-state index contributed by atoms with van der Waals surface area (Å²) in [6, 6.07) is 20.5. The number of fused-ring (bicyclic) bond motifs is 1. The lowest BCUT2D eigenvalue weighted by molar-refractivity contribution is -0.137. The van der Waals surface area contributed by atoms with E-state index >= 15 is 0 Å². The zero-order chi connectivity index (χ0) is 22.5. The van der Waals surface area contributed by atoms with E-state index in [4.69, 9.17) is 0 Å². The molecule has 0 aliphatic carbocycles. The molecule has 32 heavy (non-hydrogen) atoms. The molecule has 4 aromatic rings. The summed E-state index contributed by atoms with van der Waals surface area (Å²) in [5.74, 6) is -1.39. The van der Waals surface area contributed by atoms with E-state index in [1.54, 1.807) is 27.0 Å². The van der Waals surface area contributed by atoms with Crippen LogP contribution in [0.15, 0.2) is 83.2 Å². The molecule has 0 saturated heterocycles. The number of nitriles is 1. The minimum Gasteiger partial charge on any atom is -0.480 e. The quantitative estimate of drug-likeness (QED) is 0.326. The number of thiophene rings is 1. The zero-order valence-corrected chi connectivity index (χ0v) is 17.8. The maximum absolute atomic E-state index is 13.5. The van der Waals surface area contributed by atoms with Gasteiger partial charge in [-0.15, -0.1) is 0 Å². The third-order valence-electron chi connectivity index (χ3n) is 5.01. The molecular weight excluding hydrogens is 422 g/mol. The first kappa shape index (κ1) is 21.1. The van der Waals surface area contributed by atoms with Crippen LogP contribution in [-0.2, 0) is 22.7 Å². The summed E-state index contributed by atoms with van der Waals surface area (Å²) in [5, 5.41) is 23.8. The Labute approximate surface area is 188 Å². The second-order valence-corrected chi connectivity index (χ2v) is 7.93. The van der Waals surface area contributed by atoms with Gasteiger partial charge in [-0.05, 0) is 46.7 Å². The fraction of sp³-hybridized carbons (Fsp3) is 0.0800. The molecule has 0 aliphatic heterocycles. The molecule has 2 aromatic carbocycles. The van der Waals surface area contributed by atoms with Crippen LogP contribution in [0.2, 0.25) is 0 Å². The average Bonchev–Trinajstić information content (AvgIpc) is 3.44. The zero-order valence-electron chi connectivity index (χ0n) is 17.0. The normalized spacial score (nSPS) is 11.3. The number of para-hydroxylation sites is 2. The Kier molecular flexibility index (Phi) is 6.15. The summed E-state index contributed by atoms with van der Waals surface area (Å²) in [6.45, 7) is 0.130. The van der Waals surface area contributed by atoms with E-state index in [1.165, 1.54) is 6.08 Å². The van der Waals surface area contributed by atoms with Crippen molar-refractivity contribution in [1.29, 1.82) is 5.26 Å². The van der Waals surface area contributed by atoms with Crippen LogP contribution in [0.3, 0.4) is 0 Å². The van der Waals surface area contributed by atoms with Crippen LogP contribution < -0.4 is 4.90 Å². The Morgan fingerprint density at radius 2 is 1.84 bits per heavy atom. The number of carboxylic acid groups (broad SMARTS) is 1. The largest absolute Gasteiger partial charge is 0.480 e. The first-order valence-corrected chi connectivity index (χ1v) is 10.8. The van der Waals surface area contributed by atoms with Crippen molar-refractivity contribution in [2.24, 2.45) is 0 Å². The number of hydrogen-bond acceptors (Lipinski definition) is 4. The van der Waals surface area contributed by atoms with Gasteiger partial charge in [0.2, 0.25) is 0 Å². The number of carbonyl (C=O) groups is 2. The first-order valence-electron chi connectivity index (χ1n) is 9.86. The van der Waals surface area contributed by atoms with Crippen molar-refractivity contribution in [2.75, 3.05) is 4.90 Å². The lowest BCUT2D eigenvalue weighted by Crippen LogP contribution is -2.31. The third-order valence-corrected chi connectivity index (χ3v) is 5.74. The van der Waals surface area contributed by atoms with E-state index < -0.39 is 11.9 Å². The van der Waals surface area contributed by atoms with Crippen LogP contribution in [0.5, 0.6) is 0 Å². The van der Waals surface area contributed by atoms with Gasteiger partial charge in [0.25, 0.3) is 5.91 Å². The van der Waals surface area contributed by atoms with Crippen LogP contribution in [0.25, 0.3) is 17.0 Å². The molecule has 0 bridgehead atoms. The molecule has 0 atom stereocenters. The van der Waals surface area contributed by atoms with Gasteiger partial charge in [0.15, 0.2) is 0 Å². The number of hydrogen-bond donors (Lipinski definition) is 1. The van der Waals surface area contributed by atoms with Gasteiger partial charge >= 0.3 is 5.97 Å². The van der Waals surface area contributed by atoms with Crippen molar-refractivity contribution in [3.63, 3.8) is 0 Å². The second-order valence-electron chi connectivity index (χ2n) is 7.15. The molecule has 4 rings (SSSR count). The Morgan fingerprint density at radius 1 is 1.09 bits per heavy atom. The molecule has 0 spiro atoms. The monoisotopic (exact) mass is 441 g/mol. The van der Waals surface area contributed by atoms with E-state index in [0.717, 1.165) is 16.5 Å². The molecule has 1 amide bonds. The van der Waals surface area contributed by atoms with E-state index in [0.29, 0.717) is 17.8 Å². The molecule has 0 aliphatic rings. The molecule has 0 unspecified atom stereocenters. The molecule has 0 saturated carbocycles. The maximum atomic E-state index is 13.5. The first-order chi connectivity index (χ1) is 15.6. The average molecular weight is 442 g/mol. The third kappa shape index (κ3) is 4.46. The minimum atomic E-state index is -0.969. The number of rotatable bonds is 7. The smallest absolute Gasteiger partial charge is 0.323 e. The number of benzene rings is 2. The topological polar surface area (TPSA) is 86.3 Å². The minimum absolute atomic E-state index is 0.0256. The highest BCUT2D eigenvalue weighted by Crippen LogP contribution is 2.26. The maximum Gasteiger partial charge on any atom is 0.323 e. The number of nitrogens with zero attached hydrogens (tertiary/aromatic N) is 3. The number of aromatic nitrogens is 1. The Morgan fingerprint density at radius 3 is 2.53 bits per heavy atom. The van der Waals surface area contributed by atoms with Crippen LogP contribution in [-0.4, -0.2) is 21.6 Å². The number of carboxylic acids is 1. The van der Waals surface area contributed by atoms with Crippen molar-refractivity contribution in [2.45, 2.75) is 13.1 Å².